The van der Waals surface area contributed by atoms with E-state index >= 15 is 0 Å². The fourth-order valence-electron chi connectivity index (χ4n) is 3.00. The van der Waals surface area contributed by atoms with Crippen molar-refractivity contribution in [2.75, 3.05) is 18.0 Å². The molecule has 2 heterocycles. The van der Waals surface area contributed by atoms with Gasteiger partial charge in [0.15, 0.2) is 6.10 Å². The molecular weight excluding hydrogens is 373 g/mol. The number of carbonyl (C=O) groups excluding carboxylic acids is 1. The fraction of sp³-hybridized carbons (Fsp3) is 0.421. The molecular formula is C19H21F3N4O2. The monoisotopic (exact) mass is 394 g/mol. The second-order valence-electron chi connectivity index (χ2n) is 6.60. The van der Waals surface area contributed by atoms with Gasteiger partial charge in [-0.05, 0) is 31.9 Å². The minimum atomic E-state index is -4.50. The summed E-state index contributed by atoms with van der Waals surface area (Å²) in [4.78, 5) is 21.3. The summed E-state index contributed by atoms with van der Waals surface area (Å²) in [6.45, 7) is 2.66. The van der Waals surface area contributed by atoms with Gasteiger partial charge in [0.2, 0.25) is 0 Å². The molecule has 0 bridgehead atoms. The largest absolute Gasteiger partial charge is 0.481 e. The molecule has 1 fully saturated rings. The molecule has 3 rings (SSSR count). The van der Waals surface area contributed by atoms with Gasteiger partial charge < -0.3 is 15.0 Å². The van der Waals surface area contributed by atoms with Crippen molar-refractivity contribution in [1.29, 1.82) is 0 Å². The fourth-order valence-corrected chi connectivity index (χ4v) is 3.00. The Labute approximate surface area is 160 Å². The number of nitrogens with one attached hydrogen (secondary N) is 1. The molecule has 2 aromatic rings. The van der Waals surface area contributed by atoms with E-state index in [1.807, 2.05) is 18.2 Å². The minimum Gasteiger partial charge on any atom is -0.481 e. The van der Waals surface area contributed by atoms with Crippen molar-refractivity contribution in [2.45, 2.75) is 38.1 Å². The number of para-hydroxylation sites is 1. The Balaban J connectivity index is 1.51. The SMILES string of the molecule is C[C@@H](Oc1ccccc1)C(=O)NC1CCN(c2cc(C(F)(F)F)ncn2)CC1. The molecule has 1 aliphatic heterocycles. The zero-order chi connectivity index (χ0) is 20.1. The first-order valence-corrected chi connectivity index (χ1v) is 8.99. The molecule has 1 atom stereocenters. The molecule has 1 aromatic heterocycles. The molecule has 1 amide bonds. The summed E-state index contributed by atoms with van der Waals surface area (Å²) in [6.07, 6.45) is -3.01. The number of aromatic nitrogens is 2. The molecule has 0 radical (unpaired) electrons. The lowest BCUT2D eigenvalue weighted by molar-refractivity contribution is -0.141. The van der Waals surface area contributed by atoms with E-state index < -0.39 is 18.0 Å². The van der Waals surface area contributed by atoms with Gasteiger partial charge in [-0.2, -0.15) is 13.2 Å². The molecule has 0 aliphatic carbocycles. The maximum atomic E-state index is 12.8. The van der Waals surface area contributed by atoms with Crippen LogP contribution in [0, 0.1) is 0 Å². The quantitative estimate of drug-likeness (QED) is 0.844. The summed E-state index contributed by atoms with van der Waals surface area (Å²) in [7, 11) is 0. The van der Waals surface area contributed by atoms with Crippen LogP contribution in [0.25, 0.3) is 0 Å². The molecule has 28 heavy (non-hydrogen) atoms. The third-order valence-electron chi connectivity index (χ3n) is 4.53. The van der Waals surface area contributed by atoms with Crippen LogP contribution in [0.1, 0.15) is 25.5 Å². The second kappa shape index (κ2) is 8.45. The molecule has 9 heteroatoms. The minimum absolute atomic E-state index is 0.0607. The molecule has 0 saturated carbocycles. The van der Waals surface area contributed by atoms with Crippen LogP contribution in [-0.2, 0) is 11.0 Å². The lowest BCUT2D eigenvalue weighted by Crippen LogP contribution is -2.48. The summed E-state index contributed by atoms with van der Waals surface area (Å²) in [5.74, 6) is 0.640. The normalized spacial score (nSPS) is 16.5. The Kier molecular flexibility index (Phi) is 6.01. The van der Waals surface area contributed by atoms with Gasteiger partial charge in [-0.15, -0.1) is 0 Å². The Bertz CT molecular complexity index is 793. The maximum absolute atomic E-state index is 12.8. The van der Waals surface area contributed by atoms with Crippen LogP contribution in [0.4, 0.5) is 19.0 Å². The highest BCUT2D eigenvalue weighted by Crippen LogP contribution is 2.29. The van der Waals surface area contributed by atoms with E-state index in [9.17, 15) is 18.0 Å². The standard InChI is InChI=1S/C19H21F3N4O2/c1-13(28-15-5-3-2-4-6-15)18(27)25-14-7-9-26(10-8-14)17-11-16(19(20,21)22)23-12-24-17/h2-6,11-14H,7-10H2,1H3,(H,25,27)/t13-/m1/s1. The van der Waals surface area contributed by atoms with Crippen LogP contribution >= 0.6 is 0 Å². The van der Waals surface area contributed by atoms with Crippen molar-refractivity contribution < 1.29 is 22.7 Å². The predicted molar refractivity (Wildman–Crippen MR) is 96.9 cm³/mol. The Morgan fingerprint density at radius 3 is 2.54 bits per heavy atom. The summed E-state index contributed by atoms with van der Waals surface area (Å²) in [5.41, 5.74) is -0.959. The van der Waals surface area contributed by atoms with Crippen molar-refractivity contribution in [3.8, 4) is 5.75 Å². The lowest BCUT2D eigenvalue weighted by atomic mass is 10.0. The molecule has 0 unspecified atom stereocenters. The van der Waals surface area contributed by atoms with Crippen molar-refractivity contribution in [2.24, 2.45) is 0 Å². The van der Waals surface area contributed by atoms with Crippen molar-refractivity contribution in [3.05, 3.63) is 48.4 Å². The Hall–Kier alpha value is -2.84. The van der Waals surface area contributed by atoms with Crippen LogP contribution in [0.3, 0.4) is 0 Å². The van der Waals surface area contributed by atoms with Gasteiger partial charge in [-0.3, -0.25) is 4.79 Å². The van der Waals surface area contributed by atoms with E-state index in [4.69, 9.17) is 4.74 Å². The highest BCUT2D eigenvalue weighted by molar-refractivity contribution is 5.81. The molecule has 1 aliphatic rings. The lowest BCUT2D eigenvalue weighted by Gasteiger charge is -2.33. The number of alkyl halides is 3. The van der Waals surface area contributed by atoms with Gasteiger partial charge in [0.1, 0.15) is 23.6 Å². The third kappa shape index (κ3) is 5.11. The van der Waals surface area contributed by atoms with Crippen molar-refractivity contribution >= 4 is 11.7 Å². The summed E-state index contributed by atoms with van der Waals surface area (Å²) in [5, 5.41) is 2.94. The average Bonchev–Trinajstić information content (AvgIpc) is 2.69. The number of benzene rings is 1. The topological polar surface area (TPSA) is 67.3 Å². The molecule has 6 nitrogen and oxygen atoms in total. The van der Waals surface area contributed by atoms with E-state index in [1.165, 1.54) is 0 Å². The molecule has 1 saturated heterocycles. The van der Waals surface area contributed by atoms with Gasteiger partial charge in [0, 0.05) is 25.2 Å². The smallest absolute Gasteiger partial charge is 0.433 e. The van der Waals surface area contributed by atoms with E-state index in [1.54, 1.807) is 24.0 Å². The van der Waals surface area contributed by atoms with Crippen LogP contribution in [0.5, 0.6) is 5.75 Å². The third-order valence-corrected chi connectivity index (χ3v) is 4.53. The molecule has 0 spiro atoms. The number of rotatable bonds is 5. The Morgan fingerprint density at radius 2 is 1.89 bits per heavy atom. The summed E-state index contributed by atoms with van der Waals surface area (Å²) >= 11 is 0. The number of hydrogen-bond acceptors (Lipinski definition) is 5. The highest BCUT2D eigenvalue weighted by Gasteiger charge is 2.33. The first kappa shape index (κ1) is 19.9. The van der Waals surface area contributed by atoms with Gasteiger partial charge in [0.25, 0.3) is 5.91 Å². The number of nitrogens with zero attached hydrogens (tertiary/aromatic N) is 3. The van der Waals surface area contributed by atoms with E-state index in [0.717, 1.165) is 12.4 Å². The van der Waals surface area contributed by atoms with Gasteiger partial charge in [-0.25, -0.2) is 9.97 Å². The van der Waals surface area contributed by atoms with Gasteiger partial charge in [-0.1, -0.05) is 18.2 Å². The summed E-state index contributed by atoms with van der Waals surface area (Å²) in [6, 6.07) is 9.96. The van der Waals surface area contributed by atoms with Gasteiger partial charge in [0.05, 0.1) is 0 Å². The molecule has 1 aromatic carbocycles. The van der Waals surface area contributed by atoms with Crippen LogP contribution in [0.2, 0.25) is 0 Å². The van der Waals surface area contributed by atoms with E-state index in [0.29, 0.717) is 31.7 Å². The number of halogens is 3. The summed E-state index contributed by atoms with van der Waals surface area (Å²) < 4.78 is 44.0. The predicted octanol–water partition coefficient (Wildman–Crippen LogP) is 3.05. The van der Waals surface area contributed by atoms with Crippen molar-refractivity contribution in [3.63, 3.8) is 0 Å². The number of piperidine rings is 1. The number of ether oxygens (including phenoxy) is 1. The first-order valence-electron chi connectivity index (χ1n) is 8.99. The highest BCUT2D eigenvalue weighted by atomic mass is 19.4. The zero-order valence-corrected chi connectivity index (χ0v) is 15.3. The zero-order valence-electron chi connectivity index (χ0n) is 15.3. The number of anilines is 1. The number of amides is 1. The van der Waals surface area contributed by atoms with Crippen LogP contribution in [-0.4, -0.2) is 41.1 Å². The Morgan fingerprint density at radius 1 is 1.21 bits per heavy atom. The van der Waals surface area contributed by atoms with Crippen LogP contribution in [0.15, 0.2) is 42.7 Å². The van der Waals surface area contributed by atoms with E-state index in [-0.39, 0.29) is 17.8 Å². The van der Waals surface area contributed by atoms with E-state index in [2.05, 4.69) is 15.3 Å². The van der Waals surface area contributed by atoms with Gasteiger partial charge >= 0.3 is 6.18 Å². The number of carbonyl (C=O) groups is 1. The maximum Gasteiger partial charge on any atom is 0.433 e. The average molecular weight is 394 g/mol. The molecule has 1 N–H and O–H groups in total. The molecule has 150 valence electrons. The number of hydrogen-bond donors (Lipinski definition) is 1. The van der Waals surface area contributed by atoms with Crippen LogP contribution < -0.4 is 15.0 Å². The first-order chi connectivity index (χ1) is 13.3. The van der Waals surface area contributed by atoms with Crippen molar-refractivity contribution in [1.82, 2.24) is 15.3 Å². The second-order valence-corrected chi connectivity index (χ2v) is 6.60.